The molecule has 34 heavy (non-hydrogen) atoms. The average molecular weight is 470 g/mol. The van der Waals surface area contributed by atoms with Crippen LogP contribution >= 0.6 is 0 Å². The minimum absolute atomic E-state index is 0.0622. The van der Waals surface area contributed by atoms with Crippen LogP contribution in [0.2, 0.25) is 0 Å². The van der Waals surface area contributed by atoms with E-state index >= 15 is 0 Å². The Balaban J connectivity index is 1.57. The van der Waals surface area contributed by atoms with Gasteiger partial charge in [0.15, 0.2) is 0 Å². The second-order valence-corrected chi connectivity index (χ2v) is 8.21. The average Bonchev–Trinajstić information content (AvgIpc) is 2.82. The summed E-state index contributed by atoms with van der Waals surface area (Å²) in [7, 11) is 1.55. The summed E-state index contributed by atoms with van der Waals surface area (Å²) in [6, 6.07) is 13.1. The maximum atomic E-state index is 13.7. The minimum Gasteiger partial charge on any atom is -0.359 e. The van der Waals surface area contributed by atoms with Crippen molar-refractivity contribution < 1.29 is 18.0 Å². The molecule has 1 aliphatic heterocycles. The van der Waals surface area contributed by atoms with E-state index in [1.165, 1.54) is 11.1 Å². The number of rotatable bonds is 7. The monoisotopic (exact) mass is 469 g/mol. The summed E-state index contributed by atoms with van der Waals surface area (Å²) in [5.41, 5.74) is 3.81. The van der Waals surface area contributed by atoms with Crippen LogP contribution in [-0.4, -0.2) is 29.5 Å². The summed E-state index contributed by atoms with van der Waals surface area (Å²) in [4.78, 5) is 20.0. The zero-order chi connectivity index (χ0) is 24.1. The highest BCUT2D eigenvalue weighted by Crippen LogP contribution is 2.32. The van der Waals surface area contributed by atoms with Crippen molar-refractivity contribution in [2.24, 2.45) is 0 Å². The van der Waals surface area contributed by atoms with Crippen LogP contribution in [-0.2, 0) is 43.2 Å². The van der Waals surface area contributed by atoms with E-state index in [0.717, 1.165) is 42.5 Å². The largest absolute Gasteiger partial charge is 0.419 e. The summed E-state index contributed by atoms with van der Waals surface area (Å²) < 4.78 is 41.0. The first kappa shape index (κ1) is 23.7. The molecular formula is C25H26F3N5O. The number of carbonyl (C=O) groups excluding carboxylic acids is 1. The molecule has 4 rings (SSSR count). The Morgan fingerprint density at radius 3 is 2.65 bits per heavy atom. The number of halogens is 3. The molecule has 0 saturated heterocycles. The number of carbonyl (C=O) groups is 1. The van der Waals surface area contributed by atoms with Crippen LogP contribution < -0.4 is 16.0 Å². The van der Waals surface area contributed by atoms with Crippen molar-refractivity contribution in [3.63, 3.8) is 0 Å². The standard InChI is InChI=1S/C25H26F3N5O/c1-29-23(34)13-17-5-3-2-4-16(17)7-9-22-21(25(26,27)28)15-31-24(33-22)32-20-8-6-19-14-30-11-10-18(19)12-20/h2-6,8,12,15,30H,7,9-11,13-14H2,1H3,(H,29,34)(H,31,32,33). The maximum Gasteiger partial charge on any atom is 0.419 e. The highest BCUT2D eigenvalue weighted by molar-refractivity contribution is 5.78. The van der Waals surface area contributed by atoms with Gasteiger partial charge in [-0.3, -0.25) is 4.79 Å². The van der Waals surface area contributed by atoms with Gasteiger partial charge in [0.25, 0.3) is 0 Å². The number of hydrogen-bond donors (Lipinski definition) is 3. The smallest absolute Gasteiger partial charge is 0.359 e. The number of anilines is 2. The van der Waals surface area contributed by atoms with Crippen LogP contribution in [0.25, 0.3) is 0 Å². The molecule has 0 bridgehead atoms. The lowest BCUT2D eigenvalue weighted by atomic mass is 9.98. The van der Waals surface area contributed by atoms with Crippen molar-refractivity contribution in [2.75, 3.05) is 18.9 Å². The van der Waals surface area contributed by atoms with Gasteiger partial charge in [-0.2, -0.15) is 13.2 Å². The summed E-state index contributed by atoms with van der Waals surface area (Å²) in [6.45, 7) is 1.69. The Morgan fingerprint density at radius 2 is 1.88 bits per heavy atom. The second-order valence-electron chi connectivity index (χ2n) is 8.21. The van der Waals surface area contributed by atoms with E-state index in [1.54, 1.807) is 7.05 Å². The normalized spacial score (nSPS) is 13.3. The molecule has 178 valence electrons. The first-order valence-electron chi connectivity index (χ1n) is 11.1. The third-order valence-corrected chi connectivity index (χ3v) is 5.90. The summed E-state index contributed by atoms with van der Waals surface area (Å²) in [5.74, 6) is -0.0340. The van der Waals surface area contributed by atoms with E-state index in [4.69, 9.17) is 0 Å². The molecule has 3 aromatic rings. The Hall–Kier alpha value is -3.46. The SMILES string of the molecule is CNC(=O)Cc1ccccc1CCc1nc(Nc2ccc3c(c2)CCNC3)ncc1C(F)(F)F. The van der Waals surface area contributed by atoms with Gasteiger partial charge in [0.1, 0.15) is 0 Å². The fourth-order valence-corrected chi connectivity index (χ4v) is 4.08. The number of likely N-dealkylation sites (N-methyl/N-ethyl adjacent to an activating group) is 1. The quantitative estimate of drug-likeness (QED) is 0.488. The number of amides is 1. The molecule has 0 aliphatic carbocycles. The van der Waals surface area contributed by atoms with Gasteiger partial charge in [-0.15, -0.1) is 0 Å². The van der Waals surface area contributed by atoms with Crippen LogP contribution in [0.4, 0.5) is 24.8 Å². The van der Waals surface area contributed by atoms with Gasteiger partial charge in [0.05, 0.1) is 17.7 Å². The number of benzene rings is 2. The highest BCUT2D eigenvalue weighted by Gasteiger charge is 2.35. The number of alkyl halides is 3. The lowest BCUT2D eigenvalue weighted by Crippen LogP contribution is -2.23. The van der Waals surface area contributed by atoms with E-state index in [-0.39, 0.29) is 30.4 Å². The molecule has 0 spiro atoms. The zero-order valence-corrected chi connectivity index (χ0v) is 18.8. The summed E-state index contributed by atoms with van der Waals surface area (Å²) in [6.07, 6.45) is -2.29. The first-order valence-corrected chi connectivity index (χ1v) is 11.1. The van der Waals surface area contributed by atoms with E-state index < -0.39 is 11.7 Å². The van der Waals surface area contributed by atoms with Gasteiger partial charge in [-0.1, -0.05) is 30.3 Å². The third kappa shape index (κ3) is 5.72. The Bertz CT molecular complexity index is 1180. The predicted molar refractivity (Wildman–Crippen MR) is 124 cm³/mol. The number of aromatic nitrogens is 2. The lowest BCUT2D eigenvalue weighted by Gasteiger charge is -2.18. The molecule has 2 heterocycles. The molecule has 0 fully saturated rings. The van der Waals surface area contributed by atoms with Crippen LogP contribution in [0.15, 0.2) is 48.7 Å². The lowest BCUT2D eigenvalue weighted by molar-refractivity contribution is -0.138. The van der Waals surface area contributed by atoms with Crippen molar-refractivity contribution in [1.82, 2.24) is 20.6 Å². The summed E-state index contributed by atoms with van der Waals surface area (Å²) >= 11 is 0. The Labute approximate surface area is 196 Å². The topological polar surface area (TPSA) is 78.9 Å². The molecule has 6 nitrogen and oxygen atoms in total. The molecular weight excluding hydrogens is 443 g/mol. The molecule has 2 aromatic carbocycles. The molecule has 1 aliphatic rings. The van der Waals surface area contributed by atoms with Crippen LogP contribution in [0, 0.1) is 0 Å². The van der Waals surface area contributed by atoms with Gasteiger partial charge < -0.3 is 16.0 Å². The third-order valence-electron chi connectivity index (χ3n) is 5.90. The van der Waals surface area contributed by atoms with Crippen molar-refractivity contribution in [3.05, 3.63) is 82.2 Å². The molecule has 0 radical (unpaired) electrons. The van der Waals surface area contributed by atoms with Crippen LogP contribution in [0.3, 0.4) is 0 Å². The number of fused-ring (bicyclic) bond motifs is 1. The number of nitrogens with zero attached hydrogens (tertiary/aromatic N) is 2. The molecule has 9 heteroatoms. The van der Waals surface area contributed by atoms with Gasteiger partial charge in [0, 0.05) is 25.5 Å². The van der Waals surface area contributed by atoms with Gasteiger partial charge in [-0.25, -0.2) is 9.97 Å². The van der Waals surface area contributed by atoms with Crippen LogP contribution in [0.1, 0.15) is 33.5 Å². The molecule has 3 N–H and O–H groups in total. The van der Waals surface area contributed by atoms with Gasteiger partial charge in [0.2, 0.25) is 11.9 Å². The van der Waals surface area contributed by atoms with E-state index in [0.29, 0.717) is 6.42 Å². The zero-order valence-electron chi connectivity index (χ0n) is 18.8. The second kappa shape index (κ2) is 10.2. The fourth-order valence-electron chi connectivity index (χ4n) is 4.08. The minimum atomic E-state index is -4.56. The number of hydrogen-bond acceptors (Lipinski definition) is 5. The van der Waals surface area contributed by atoms with Gasteiger partial charge in [-0.05, 0) is 60.2 Å². The Morgan fingerprint density at radius 1 is 1.09 bits per heavy atom. The van der Waals surface area contributed by atoms with Crippen molar-refractivity contribution in [2.45, 2.75) is 38.4 Å². The molecule has 0 saturated carbocycles. The number of nitrogens with one attached hydrogen (secondary N) is 3. The van der Waals surface area contributed by atoms with E-state index in [9.17, 15) is 18.0 Å². The van der Waals surface area contributed by atoms with E-state index in [2.05, 4.69) is 25.9 Å². The summed E-state index contributed by atoms with van der Waals surface area (Å²) in [5, 5.41) is 8.94. The predicted octanol–water partition coefficient (Wildman–Crippen LogP) is 3.96. The van der Waals surface area contributed by atoms with E-state index in [1.807, 2.05) is 42.5 Å². The molecule has 1 aromatic heterocycles. The highest BCUT2D eigenvalue weighted by atomic mass is 19.4. The Kier molecular flexibility index (Phi) is 7.12. The first-order chi connectivity index (χ1) is 16.3. The van der Waals surface area contributed by atoms with Crippen LogP contribution in [0.5, 0.6) is 0 Å². The van der Waals surface area contributed by atoms with Gasteiger partial charge >= 0.3 is 6.18 Å². The molecule has 0 atom stereocenters. The molecule has 0 unspecified atom stereocenters. The molecule has 1 amide bonds. The number of aryl methyl sites for hydroxylation is 2. The van der Waals surface area contributed by atoms with Crippen molar-refractivity contribution in [1.29, 1.82) is 0 Å². The van der Waals surface area contributed by atoms with Crippen molar-refractivity contribution in [3.8, 4) is 0 Å². The maximum absolute atomic E-state index is 13.7. The fraction of sp³-hybridized carbons (Fsp3) is 0.320. The van der Waals surface area contributed by atoms with Crippen molar-refractivity contribution >= 4 is 17.5 Å².